The number of ether oxygens (including phenoxy) is 1. The summed E-state index contributed by atoms with van der Waals surface area (Å²) in [4.78, 5) is 24.2. The first kappa shape index (κ1) is 17.5. The smallest absolute Gasteiger partial charge is 0.305 e. The number of Topliss-reactive ketones (excluding diaryl/α,β-unsaturated/α-hetero) is 1. The van der Waals surface area contributed by atoms with Crippen LogP contribution in [0.3, 0.4) is 0 Å². The van der Waals surface area contributed by atoms with Crippen molar-refractivity contribution in [2.45, 2.75) is 91.1 Å². The van der Waals surface area contributed by atoms with Crippen LogP contribution in [0.1, 0.15) is 85.0 Å². The van der Waals surface area contributed by atoms with Crippen molar-refractivity contribution in [3.8, 4) is 0 Å². The molecule has 0 unspecified atom stereocenters. The number of rotatable bonds is 2. The first-order chi connectivity index (χ1) is 11.9. The van der Waals surface area contributed by atoms with Crippen LogP contribution >= 0.6 is 0 Å². The van der Waals surface area contributed by atoms with Crippen molar-refractivity contribution < 1.29 is 14.3 Å². The zero-order chi connectivity index (χ0) is 17.8. The highest BCUT2D eigenvalue weighted by Crippen LogP contribution is 2.65. The minimum absolute atomic E-state index is 0.0157. The lowest BCUT2D eigenvalue weighted by molar-refractivity contribution is -0.161. The van der Waals surface area contributed by atoms with Crippen molar-refractivity contribution in [2.75, 3.05) is 0 Å². The maximum Gasteiger partial charge on any atom is 0.305 e. The van der Waals surface area contributed by atoms with E-state index in [4.69, 9.17) is 4.74 Å². The fourth-order valence-corrected chi connectivity index (χ4v) is 7.37. The van der Waals surface area contributed by atoms with Gasteiger partial charge in [0.05, 0.1) is 0 Å². The van der Waals surface area contributed by atoms with E-state index in [9.17, 15) is 9.59 Å². The maximum atomic E-state index is 12.5. The van der Waals surface area contributed by atoms with E-state index in [0.717, 1.165) is 43.9 Å². The van der Waals surface area contributed by atoms with Crippen molar-refractivity contribution in [3.05, 3.63) is 0 Å². The summed E-state index contributed by atoms with van der Waals surface area (Å²) in [7, 11) is 0. The standard InChI is InChI=1S/C22H34O3/c1-4-20(24)25-15-9-11-21(2)14(13-15)5-6-16-17-7-8-19(23)22(17,3)12-10-18(16)21/h14-18H,4-13H2,1-3H3/t14-,15+,16-,17-,18+,21-,22-/m0/s1. The molecule has 25 heavy (non-hydrogen) atoms. The second kappa shape index (κ2) is 6.09. The van der Waals surface area contributed by atoms with Crippen LogP contribution in [0.15, 0.2) is 0 Å². The summed E-state index contributed by atoms with van der Waals surface area (Å²) in [6.07, 6.45) is 10.7. The summed E-state index contributed by atoms with van der Waals surface area (Å²) in [6, 6.07) is 0. The molecule has 4 fully saturated rings. The number of ketones is 1. The van der Waals surface area contributed by atoms with Gasteiger partial charge in [0.25, 0.3) is 0 Å². The van der Waals surface area contributed by atoms with Gasteiger partial charge in [-0.2, -0.15) is 0 Å². The number of carbonyl (C=O) groups excluding carboxylic acids is 2. The summed E-state index contributed by atoms with van der Waals surface area (Å²) < 4.78 is 5.69. The van der Waals surface area contributed by atoms with Gasteiger partial charge in [0.2, 0.25) is 0 Å². The van der Waals surface area contributed by atoms with Gasteiger partial charge in [-0.25, -0.2) is 0 Å². The van der Waals surface area contributed by atoms with Crippen LogP contribution in [0.4, 0.5) is 0 Å². The van der Waals surface area contributed by atoms with Gasteiger partial charge in [-0.15, -0.1) is 0 Å². The Kier molecular flexibility index (Phi) is 4.28. The molecule has 0 aromatic carbocycles. The Bertz CT molecular complexity index is 570. The van der Waals surface area contributed by atoms with E-state index in [2.05, 4.69) is 13.8 Å². The van der Waals surface area contributed by atoms with Crippen molar-refractivity contribution in [1.29, 1.82) is 0 Å². The molecule has 0 amide bonds. The Morgan fingerprint density at radius 2 is 1.88 bits per heavy atom. The molecule has 4 aliphatic rings. The minimum Gasteiger partial charge on any atom is -0.462 e. The fraction of sp³-hybridized carbons (Fsp3) is 0.909. The van der Waals surface area contributed by atoms with E-state index in [-0.39, 0.29) is 17.5 Å². The monoisotopic (exact) mass is 346 g/mol. The SMILES string of the molecule is CCC(=O)O[C@@H]1CC[C@@]2(C)[C@@H](CC[C@@H]3[C@H]2CC[C@]2(C)C(=O)CC[C@@H]32)C1. The van der Waals surface area contributed by atoms with Crippen LogP contribution in [0.2, 0.25) is 0 Å². The highest BCUT2D eigenvalue weighted by atomic mass is 16.5. The molecular weight excluding hydrogens is 312 g/mol. The van der Waals surface area contributed by atoms with Gasteiger partial charge in [0.15, 0.2) is 0 Å². The number of fused-ring (bicyclic) bond motifs is 5. The third kappa shape index (κ3) is 2.59. The molecule has 3 heteroatoms. The molecule has 0 radical (unpaired) electrons. The number of hydrogen-bond donors (Lipinski definition) is 0. The van der Waals surface area contributed by atoms with Gasteiger partial charge < -0.3 is 4.74 Å². The first-order valence-corrected chi connectivity index (χ1v) is 10.6. The molecule has 0 heterocycles. The summed E-state index contributed by atoms with van der Waals surface area (Å²) >= 11 is 0. The molecule has 7 atom stereocenters. The molecular formula is C22H34O3. The topological polar surface area (TPSA) is 43.4 Å². The van der Waals surface area contributed by atoms with E-state index in [0.29, 0.717) is 29.5 Å². The molecule has 4 rings (SSSR count). The largest absolute Gasteiger partial charge is 0.462 e. The normalized spacial score (nSPS) is 49.1. The summed E-state index contributed by atoms with van der Waals surface area (Å²) in [6.45, 7) is 6.66. The average molecular weight is 347 g/mol. The minimum atomic E-state index is -0.0415. The number of esters is 1. The lowest BCUT2D eigenvalue weighted by atomic mass is 9.45. The molecule has 4 saturated carbocycles. The molecule has 0 aliphatic heterocycles. The highest BCUT2D eigenvalue weighted by Gasteiger charge is 2.60. The summed E-state index contributed by atoms with van der Waals surface area (Å²) in [5.74, 6) is 3.35. The highest BCUT2D eigenvalue weighted by molar-refractivity contribution is 5.87. The van der Waals surface area contributed by atoms with Crippen molar-refractivity contribution in [3.63, 3.8) is 0 Å². The fourth-order valence-electron chi connectivity index (χ4n) is 7.37. The summed E-state index contributed by atoms with van der Waals surface area (Å²) in [5.41, 5.74) is 0.378. The predicted octanol–water partition coefficient (Wildman–Crippen LogP) is 4.92. The van der Waals surface area contributed by atoms with Crippen molar-refractivity contribution in [2.24, 2.45) is 34.5 Å². The lowest BCUT2D eigenvalue weighted by Crippen LogP contribution is -2.54. The molecule has 0 saturated heterocycles. The van der Waals surface area contributed by atoms with Crippen molar-refractivity contribution >= 4 is 11.8 Å². The van der Waals surface area contributed by atoms with Crippen LogP contribution in [0, 0.1) is 34.5 Å². The number of carbonyl (C=O) groups is 2. The van der Waals surface area contributed by atoms with Gasteiger partial charge >= 0.3 is 5.97 Å². The van der Waals surface area contributed by atoms with E-state index < -0.39 is 0 Å². The molecule has 0 N–H and O–H groups in total. The van der Waals surface area contributed by atoms with Crippen LogP contribution in [-0.2, 0) is 14.3 Å². The zero-order valence-electron chi connectivity index (χ0n) is 16.2. The van der Waals surface area contributed by atoms with Crippen molar-refractivity contribution in [1.82, 2.24) is 0 Å². The van der Waals surface area contributed by atoms with E-state index in [1.807, 2.05) is 6.92 Å². The Hall–Kier alpha value is -0.860. The van der Waals surface area contributed by atoms with Crippen LogP contribution in [0.25, 0.3) is 0 Å². The van der Waals surface area contributed by atoms with Crippen LogP contribution < -0.4 is 0 Å². The Morgan fingerprint density at radius 1 is 1.08 bits per heavy atom. The Morgan fingerprint density at radius 3 is 2.64 bits per heavy atom. The van der Waals surface area contributed by atoms with Gasteiger partial charge in [0, 0.05) is 18.3 Å². The molecule has 0 bridgehead atoms. The van der Waals surface area contributed by atoms with Gasteiger partial charge in [-0.3, -0.25) is 9.59 Å². The first-order valence-electron chi connectivity index (χ1n) is 10.6. The second-order valence-corrected chi connectivity index (χ2v) is 9.81. The zero-order valence-corrected chi connectivity index (χ0v) is 16.2. The van der Waals surface area contributed by atoms with Crippen LogP contribution in [0.5, 0.6) is 0 Å². The second-order valence-electron chi connectivity index (χ2n) is 9.81. The molecule has 0 aromatic heterocycles. The lowest BCUT2D eigenvalue weighted by Gasteiger charge is -2.60. The Labute approximate surface area is 152 Å². The third-order valence-corrected chi connectivity index (χ3v) is 8.91. The molecule has 3 nitrogen and oxygen atoms in total. The van der Waals surface area contributed by atoms with E-state index >= 15 is 0 Å². The third-order valence-electron chi connectivity index (χ3n) is 8.91. The number of hydrogen-bond acceptors (Lipinski definition) is 3. The van der Waals surface area contributed by atoms with Gasteiger partial charge in [-0.05, 0) is 80.5 Å². The molecule has 140 valence electrons. The average Bonchev–Trinajstić information content (AvgIpc) is 2.90. The quantitative estimate of drug-likeness (QED) is 0.667. The molecule has 4 aliphatic carbocycles. The predicted molar refractivity (Wildman–Crippen MR) is 96.9 cm³/mol. The van der Waals surface area contributed by atoms with E-state index in [1.165, 1.54) is 25.7 Å². The van der Waals surface area contributed by atoms with Crippen LogP contribution in [-0.4, -0.2) is 17.9 Å². The van der Waals surface area contributed by atoms with E-state index in [1.54, 1.807) is 0 Å². The molecule has 0 aromatic rings. The van der Waals surface area contributed by atoms with Gasteiger partial charge in [0.1, 0.15) is 11.9 Å². The summed E-state index contributed by atoms with van der Waals surface area (Å²) in [5, 5.41) is 0. The maximum absolute atomic E-state index is 12.5. The molecule has 0 spiro atoms. The Balaban J connectivity index is 1.51. The van der Waals surface area contributed by atoms with Gasteiger partial charge in [-0.1, -0.05) is 20.8 Å².